The van der Waals surface area contributed by atoms with Gasteiger partial charge in [-0.15, -0.1) is 0 Å². The van der Waals surface area contributed by atoms with Crippen molar-refractivity contribution in [1.29, 1.82) is 0 Å². The van der Waals surface area contributed by atoms with Crippen LogP contribution < -0.4 is 10.2 Å². The Balaban J connectivity index is 1.64. The number of sulfone groups is 1. The molecule has 1 amide bonds. The normalized spacial score (nSPS) is 19.4. The number of anilines is 1. The molecule has 1 aromatic rings. The summed E-state index contributed by atoms with van der Waals surface area (Å²) in [6.45, 7) is 1.16. The van der Waals surface area contributed by atoms with Crippen molar-refractivity contribution in [2.45, 2.75) is 55.9 Å². The van der Waals surface area contributed by atoms with Crippen molar-refractivity contribution >= 4 is 27.1 Å². The predicted octanol–water partition coefficient (Wildman–Crippen LogP) is 2.66. The van der Waals surface area contributed by atoms with E-state index in [0.717, 1.165) is 38.0 Å². The third-order valence-electron chi connectivity index (χ3n) is 5.73. The van der Waals surface area contributed by atoms with Gasteiger partial charge in [0.25, 0.3) is 5.69 Å². The maximum absolute atomic E-state index is 12.4. The fraction of sp³-hybridized carbons (Fsp3) is 0.632. The number of carbonyl (C=O) groups excluding carboxylic acids is 1. The largest absolute Gasteiger partial charge is 0.366 e. The van der Waals surface area contributed by atoms with Gasteiger partial charge < -0.3 is 10.2 Å². The maximum Gasteiger partial charge on any atom is 0.293 e. The fourth-order valence-electron chi connectivity index (χ4n) is 4.10. The van der Waals surface area contributed by atoms with E-state index < -0.39 is 14.8 Å². The molecule has 1 saturated heterocycles. The van der Waals surface area contributed by atoms with E-state index in [0.29, 0.717) is 31.6 Å². The molecule has 1 aliphatic heterocycles. The molecule has 8 nitrogen and oxygen atoms in total. The molecule has 0 atom stereocenters. The smallest absolute Gasteiger partial charge is 0.293 e. The number of benzene rings is 1. The number of piperidine rings is 1. The Morgan fingerprint density at radius 2 is 1.79 bits per heavy atom. The zero-order valence-corrected chi connectivity index (χ0v) is 16.9. The quantitative estimate of drug-likeness (QED) is 0.591. The summed E-state index contributed by atoms with van der Waals surface area (Å²) in [6.07, 6.45) is 7.82. The molecular weight excluding hydrogens is 382 g/mol. The van der Waals surface area contributed by atoms with Crippen LogP contribution in [-0.2, 0) is 14.6 Å². The molecule has 1 saturated carbocycles. The molecule has 28 heavy (non-hydrogen) atoms. The van der Waals surface area contributed by atoms with Gasteiger partial charge in [0.05, 0.1) is 9.82 Å². The molecular formula is C19H27N3O5S. The second-order valence-corrected chi connectivity index (χ2v) is 9.80. The minimum atomic E-state index is -3.51. The minimum absolute atomic E-state index is 0.0578. The zero-order chi connectivity index (χ0) is 20.3. The van der Waals surface area contributed by atoms with Gasteiger partial charge in [0.15, 0.2) is 9.84 Å². The van der Waals surface area contributed by atoms with Crippen LogP contribution in [0.5, 0.6) is 0 Å². The van der Waals surface area contributed by atoms with Crippen LogP contribution in [0.25, 0.3) is 0 Å². The maximum atomic E-state index is 12.4. The highest BCUT2D eigenvalue weighted by Crippen LogP contribution is 2.33. The number of nitrogens with one attached hydrogen (secondary N) is 1. The van der Waals surface area contributed by atoms with Crippen molar-refractivity contribution < 1.29 is 18.1 Å². The Hall–Kier alpha value is -2.16. The number of nitro groups is 1. The van der Waals surface area contributed by atoms with Gasteiger partial charge in [0, 0.05) is 37.4 Å². The molecule has 2 aliphatic rings. The van der Waals surface area contributed by atoms with Crippen LogP contribution in [0.2, 0.25) is 0 Å². The second kappa shape index (κ2) is 8.46. The lowest BCUT2D eigenvalue weighted by Crippen LogP contribution is -2.46. The molecule has 0 radical (unpaired) electrons. The molecule has 0 spiro atoms. The van der Waals surface area contributed by atoms with Crippen LogP contribution in [0.15, 0.2) is 23.1 Å². The van der Waals surface area contributed by atoms with Gasteiger partial charge in [-0.05, 0) is 37.8 Å². The third-order valence-corrected chi connectivity index (χ3v) is 6.84. The lowest BCUT2D eigenvalue weighted by atomic mass is 9.88. The third kappa shape index (κ3) is 4.81. The van der Waals surface area contributed by atoms with Crippen molar-refractivity contribution in [3.63, 3.8) is 0 Å². The number of nitro benzene ring substituents is 1. The highest BCUT2D eigenvalue weighted by atomic mass is 32.2. The van der Waals surface area contributed by atoms with Crippen LogP contribution in [0.4, 0.5) is 11.4 Å². The van der Waals surface area contributed by atoms with E-state index >= 15 is 0 Å². The first-order valence-electron chi connectivity index (χ1n) is 9.79. The first-order chi connectivity index (χ1) is 13.3. The van der Waals surface area contributed by atoms with E-state index in [2.05, 4.69) is 5.32 Å². The standard InChI is InChI=1S/C19H27N3O5S/c1-28(26,27)16-7-8-17(18(13-16)22(24)25)21-11-9-15(10-12-21)20-19(23)14-5-3-2-4-6-14/h7-8,13-15H,2-6,9-12H2,1H3,(H,20,23). The Bertz CT molecular complexity index is 841. The summed E-state index contributed by atoms with van der Waals surface area (Å²) in [5.41, 5.74) is 0.224. The Labute approximate surface area is 165 Å². The highest BCUT2D eigenvalue weighted by Gasteiger charge is 2.29. The average molecular weight is 410 g/mol. The first kappa shape index (κ1) is 20.6. The number of carbonyl (C=O) groups is 1. The van der Waals surface area contributed by atoms with Gasteiger partial charge in [0.1, 0.15) is 5.69 Å². The molecule has 0 unspecified atom stereocenters. The van der Waals surface area contributed by atoms with Gasteiger partial charge >= 0.3 is 0 Å². The topological polar surface area (TPSA) is 110 Å². The SMILES string of the molecule is CS(=O)(=O)c1ccc(N2CCC(NC(=O)C3CCCCC3)CC2)c([N+](=O)[O-])c1. The second-order valence-electron chi connectivity index (χ2n) is 7.78. The lowest BCUT2D eigenvalue weighted by Gasteiger charge is -2.34. The highest BCUT2D eigenvalue weighted by molar-refractivity contribution is 7.90. The number of nitrogens with zero attached hydrogens (tertiary/aromatic N) is 2. The van der Waals surface area contributed by atoms with Gasteiger partial charge in [-0.2, -0.15) is 0 Å². The molecule has 0 bridgehead atoms. The van der Waals surface area contributed by atoms with E-state index in [1.165, 1.54) is 18.6 Å². The van der Waals surface area contributed by atoms with Crippen LogP contribution in [-0.4, -0.2) is 44.6 Å². The Morgan fingerprint density at radius 3 is 2.36 bits per heavy atom. The van der Waals surface area contributed by atoms with Crippen LogP contribution in [0, 0.1) is 16.0 Å². The molecule has 1 aromatic carbocycles. The number of amides is 1. The number of rotatable bonds is 5. The fourth-order valence-corrected chi connectivity index (χ4v) is 4.74. The molecule has 1 aliphatic carbocycles. The molecule has 1 heterocycles. The zero-order valence-electron chi connectivity index (χ0n) is 16.1. The lowest BCUT2D eigenvalue weighted by molar-refractivity contribution is -0.384. The summed E-state index contributed by atoms with van der Waals surface area (Å²) >= 11 is 0. The molecule has 154 valence electrons. The molecule has 2 fully saturated rings. The van der Waals surface area contributed by atoms with Gasteiger partial charge in [0.2, 0.25) is 5.91 Å². The first-order valence-corrected chi connectivity index (χ1v) is 11.7. The number of hydrogen-bond donors (Lipinski definition) is 1. The molecule has 9 heteroatoms. The minimum Gasteiger partial charge on any atom is -0.366 e. The van der Waals surface area contributed by atoms with Crippen molar-refractivity contribution in [3.05, 3.63) is 28.3 Å². The average Bonchev–Trinajstić information content (AvgIpc) is 2.68. The van der Waals surface area contributed by atoms with E-state index in [9.17, 15) is 23.3 Å². The molecule has 3 rings (SSSR count). The molecule has 0 aromatic heterocycles. The summed E-state index contributed by atoms with van der Waals surface area (Å²) in [5, 5.41) is 14.6. The van der Waals surface area contributed by atoms with Crippen LogP contribution in [0.3, 0.4) is 0 Å². The molecule has 1 N–H and O–H groups in total. The summed E-state index contributed by atoms with van der Waals surface area (Å²) in [6, 6.07) is 4.13. The van der Waals surface area contributed by atoms with Crippen molar-refractivity contribution in [2.75, 3.05) is 24.2 Å². The van der Waals surface area contributed by atoms with E-state index in [1.54, 1.807) is 0 Å². The van der Waals surface area contributed by atoms with Crippen LogP contribution >= 0.6 is 0 Å². The van der Waals surface area contributed by atoms with Gasteiger partial charge in [-0.1, -0.05) is 19.3 Å². The van der Waals surface area contributed by atoms with Gasteiger partial charge in [-0.3, -0.25) is 14.9 Å². The van der Waals surface area contributed by atoms with Crippen molar-refractivity contribution in [1.82, 2.24) is 5.32 Å². The van der Waals surface area contributed by atoms with Gasteiger partial charge in [-0.25, -0.2) is 8.42 Å². The Morgan fingerprint density at radius 1 is 1.14 bits per heavy atom. The summed E-state index contributed by atoms with van der Waals surface area (Å²) in [5.74, 6) is 0.262. The summed E-state index contributed by atoms with van der Waals surface area (Å²) in [4.78, 5) is 25.2. The monoisotopic (exact) mass is 409 g/mol. The van der Waals surface area contributed by atoms with E-state index in [1.807, 2.05) is 4.90 Å². The van der Waals surface area contributed by atoms with Crippen LogP contribution in [0.1, 0.15) is 44.9 Å². The Kier molecular flexibility index (Phi) is 6.22. The van der Waals surface area contributed by atoms with E-state index in [4.69, 9.17) is 0 Å². The summed E-state index contributed by atoms with van der Waals surface area (Å²) < 4.78 is 23.4. The van der Waals surface area contributed by atoms with Crippen molar-refractivity contribution in [2.24, 2.45) is 5.92 Å². The predicted molar refractivity (Wildman–Crippen MR) is 106 cm³/mol. The summed E-state index contributed by atoms with van der Waals surface area (Å²) in [7, 11) is -3.51. The van der Waals surface area contributed by atoms with E-state index in [-0.39, 0.29) is 28.4 Å². The van der Waals surface area contributed by atoms with Crippen molar-refractivity contribution in [3.8, 4) is 0 Å². The number of hydrogen-bond acceptors (Lipinski definition) is 6.